The molecule has 0 unspecified atom stereocenters. The number of hydrogen-bond donors (Lipinski definition) is 0. The zero-order valence-electron chi connectivity index (χ0n) is 15.5. The Balaban J connectivity index is 1.83. The van der Waals surface area contributed by atoms with Gasteiger partial charge in [-0.2, -0.15) is 10.4 Å². The summed E-state index contributed by atoms with van der Waals surface area (Å²) in [6.07, 6.45) is 0. The molecule has 0 fully saturated rings. The van der Waals surface area contributed by atoms with Gasteiger partial charge in [0.2, 0.25) is 0 Å². The molecular formula is C23H14N6. The van der Waals surface area contributed by atoms with Crippen molar-refractivity contribution in [3.05, 3.63) is 78.0 Å². The summed E-state index contributed by atoms with van der Waals surface area (Å²) in [6.45, 7) is 1.98. The van der Waals surface area contributed by atoms with Crippen LogP contribution in [0.2, 0.25) is 0 Å². The number of nitriles is 1. The van der Waals surface area contributed by atoms with Gasteiger partial charge < -0.3 is 0 Å². The average Bonchev–Trinajstić information content (AvgIpc) is 3.31. The van der Waals surface area contributed by atoms with Crippen molar-refractivity contribution in [2.24, 2.45) is 0 Å². The molecule has 0 amide bonds. The Labute approximate surface area is 165 Å². The maximum absolute atomic E-state index is 9.70. The van der Waals surface area contributed by atoms with Crippen molar-refractivity contribution in [3.8, 4) is 11.8 Å². The summed E-state index contributed by atoms with van der Waals surface area (Å²) in [5, 5.41) is 16.3. The largest absolute Gasteiger partial charge is 0.275 e. The van der Waals surface area contributed by atoms with E-state index in [2.05, 4.69) is 17.1 Å². The fourth-order valence-electron chi connectivity index (χ4n) is 3.95. The molecule has 6 aromatic rings. The summed E-state index contributed by atoms with van der Waals surface area (Å²) in [5.41, 5.74) is 6.32. The van der Waals surface area contributed by atoms with Gasteiger partial charge in [-0.05, 0) is 43.3 Å². The van der Waals surface area contributed by atoms with E-state index < -0.39 is 0 Å². The van der Waals surface area contributed by atoms with E-state index in [1.54, 1.807) is 0 Å². The van der Waals surface area contributed by atoms with Crippen LogP contribution in [0.3, 0.4) is 0 Å². The van der Waals surface area contributed by atoms with Crippen molar-refractivity contribution >= 4 is 38.7 Å². The van der Waals surface area contributed by atoms with E-state index in [-0.39, 0.29) is 0 Å². The second-order valence-corrected chi connectivity index (χ2v) is 7.03. The van der Waals surface area contributed by atoms with E-state index >= 15 is 0 Å². The minimum absolute atomic E-state index is 0.531. The number of aromatic nitrogens is 5. The summed E-state index contributed by atoms with van der Waals surface area (Å²) in [7, 11) is 0. The van der Waals surface area contributed by atoms with E-state index in [9.17, 15) is 5.26 Å². The first-order valence-electron chi connectivity index (χ1n) is 9.30. The van der Waals surface area contributed by atoms with E-state index in [0.717, 1.165) is 44.5 Å². The number of nitrogens with zero attached hydrogens (tertiary/aromatic N) is 6. The van der Waals surface area contributed by atoms with Gasteiger partial charge in [-0.25, -0.2) is 14.6 Å². The minimum atomic E-state index is 0.531. The average molecular weight is 374 g/mol. The maximum atomic E-state index is 9.70. The van der Waals surface area contributed by atoms with Gasteiger partial charge in [-0.15, -0.1) is 0 Å². The molecule has 2 aromatic carbocycles. The number of rotatable bonds is 1. The molecule has 0 aliphatic heterocycles. The highest BCUT2D eigenvalue weighted by molar-refractivity contribution is 5.97. The Bertz CT molecular complexity index is 1620. The van der Waals surface area contributed by atoms with Crippen LogP contribution < -0.4 is 0 Å². The number of imidazole rings is 1. The maximum Gasteiger partial charge on any atom is 0.165 e. The quantitative estimate of drug-likeness (QED) is 0.423. The van der Waals surface area contributed by atoms with Crippen molar-refractivity contribution in [2.45, 2.75) is 6.92 Å². The Kier molecular flexibility index (Phi) is 3.06. The number of para-hydroxylation sites is 3. The van der Waals surface area contributed by atoms with Gasteiger partial charge in [0, 0.05) is 10.8 Å². The third-order valence-electron chi connectivity index (χ3n) is 5.29. The van der Waals surface area contributed by atoms with Gasteiger partial charge in [0.05, 0.1) is 28.0 Å². The van der Waals surface area contributed by atoms with Crippen LogP contribution in [0.25, 0.3) is 44.4 Å². The highest BCUT2D eigenvalue weighted by Gasteiger charge is 2.17. The molecule has 0 saturated carbocycles. The molecule has 6 nitrogen and oxygen atoms in total. The van der Waals surface area contributed by atoms with Crippen molar-refractivity contribution in [2.75, 3.05) is 0 Å². The normalized spacial score (nSPS) is 11.6. The van der Waals surface area contributed by atoms with E-state index in [1.165, 1.54) is 0 Å². The monoisotopic (exact) mass is 374 g/mol. The third-order valence-corrected chi connectivity index (χ3v) is 5.29. The topological polar surface area (TPSA) is 71.8 Å². The number of benzene rings is 2. The molecule has 6 heteroatoms. The fraction of sp³-hybridized carbons (Fsp3) is 0.0435. The molecule has 29 heavy (non-hydrogen) atoms. The molecule has 6 rings (SSSR count). The molecule has 4 aromatic heterocycles. The van der Waals surface area contributed by atoms with E-state index in [1.807, 2.05) is 76.7 Å². The molecular weight excluding hydrogens is 360 g/mol. The molecule has 0 bridgehead atoms. The van der Waals surface area contributed by atoms with Crippen LogP contribution in [-0.2, 0) is 0 Å². The lowest BCUT2D eigenvalue weighted by atomic mass is 10.1. The van der Waals surface area contributed by atoms with Gasteiger partial charge >= 0.3 is 0 Å². The predicted molar refractivity (Wildman–Crippen MR) is 112 cm³/mol. The van der Waals surface area contributed by atoms with Gasteiger partial charge in [0.15, 0.2) is 11.3 Å². The summed E-state index contributed by atoms with van der Waals surface area (Å²) in [5.74, 6) is 0. The molecule has 0 N–H and O–H groups in total. The van der Waals surface area contributed by atoms with Crippen molar-refractivity contribution < 1.29 is 0 Å². The number of hydrogen-bond acceptors (Lipinski definition) is 4. The van der Waals surface area contributed by atoms with Gasteiger partial charge in [-0.3, -0.25) is 4.40 Å². The Morgan fingerprint density at radius 2 is 1.66 bits per heavy atom. The van der Waals surface area contributed by atoms with Crippen LogP contribution in [-0.4, -0.2) is 24.1 Å². The van der Waals surface area contributed by atoms with Crippen LogP contribution in [0.4, 0.5) is 0 Å². The van der Waals surface area contributed by atoms with Crippen molar-refractivity contribution in [1.82, 2.24) is 24.1 Å². The molecule has 0 aliphatic carbocycles. The van der Waals surface area contributed by atoms with Crippen LogP contribution in [0.5, 0.6) is 0 Å². The van der Waals surface area contributed by atoms with E-state index in [4.69, 9.17) is 10.1 Å². The molecule has 0 atom stereocenters. The third kappa shape index (κ3) is 2.13. The fourth-order valence-corrected chi connectivity index (χ4v) is 3.95. The SMILES string of the molecule is Cc1nn(-c2ccccc2)c2nc3c(cc(C#N)c4nc5ccccc5n43)cc12. The molecule has 0 spiro atoms. The standard InChI is InChI=1S/C23H14N6/c1-14-18-12-15-11-16(13-24)22-25-19-9-5-6-10-20(19)28(22)21(15)26-23(18)29(27-14)17-7-3-2-4-8-17/h2-12H,1H3. The van der Waals surface area contributed by atoms with Crippen molar-refractivity contribution in [3.63, 3.8) is 0 Å². The van der Waals surface area contributed by atoms with Gasteiger partial charge in [0.25, 0.3) is 0 Å². The second kappa shape index (κ2) is 5.63. The smallest absolute Gasteiger partial charge is 0.165 e. The van der Waals surface area contributed by atoms with Crippen LogP contribution in [0.15, 0.2) is 66.7 Å². The number of fused-ring (bicyclic) bond motifs is 6. The first-order chi connectivity index (χ1) is 14.2. The lowest BCUT2D eigenvalue weighted by molar-refractivity contribution is 0.878. The summed E-state index contributed by atoms with van der Waals surface area (Å²) in [6, 6.07) is 24.1. The number of aryl methyl sites for hydroxylation is 1. The van der Waals surface area contributed by atoms with Crippen LogP contribution in [0, 0.1) is 18.3 Å². The number of pyridine rings is 2. The molecule has 0 saturated heterocycles. The Morgan fingerprint density at radius 1 is 0.862 bits per heavy atom. The molecule has 136 valence electrons. The second-order valence-electron chi connectivity index (χ2n) is 7.03. The molecule has 0 aliphatic rings. The Hall–Kier alpha value is -4.24. The highest BCUT2D eigenvalue weighted by atomic mass is 15.3. The lowest BCUT2D eigenvalue weighted by Gasteiger charge is -2.07. The highest BCUT2D eigenvalue weighted by Crippen LogP contribution is 2.29. The Morgan fingerprint density at radius 3 is 2.48 bits per heavy atom. The first-order valence-corrected chi connectivity index (χ1v) is 9.30. The summed E-state index contributed by atoms with van der Waals surface area (Å²) in [4.78, 5) is 9.69. The van der Waals surface area contributed by atoms with E-state index in [0.29, 0.717) is 11.2 Å². The zero-order valence-corrected chi connectivity index (χ0v) is 15.5. The summed E-state index contributed by atoms with van der Waals surface area (Å²) < 4.78 is 3.84. The predicted octanol–water partition coefficient (Wildman–Crippen LogP) is 4.55. The summed E-state index contributed by atoms with van der Waals surface area (Å²) >= 11 is 0. The first kappa shape index (κ1) is 15.8. The van der Waals surface area contributed by atoms with Gasteiger partial charge in [0.1, 0.15) is 11.7 Å². The minimum Gasteiger partial charge on any atom is -0.275 e. The van der Waals surface area contributed by atoms with Crippen LogP contribution in [0.1, 0.15) is 11.3 Å². The molecule has 4 heterocycles. The van der Waals surface area contributed by atoms with Crippen LogP contribution >= 0.6 is 0 Å². The lowest BCUT2D eigenvalue weighted by Crippen LogP contribution is -2.00. The molecule has 0 radical (unpaired) electrons. The van der Waals surface area contributed by atoms with Gasteiger partial charge in [-0.1, -0.05) is 30.3 Å². The van der Waals surface area contributed by atoms with Crippen molar-refractivity contribution in [1.29, 1.82) is 5.26 Å². The zero-order chi connectivity index (χ0) is 19.5.